The van der Waals surface area contributed by atoms with E-state index in [1.54, 1.807) is 48.5 Å². The van der Waals surface area contributed by atoms with Crippen molar-refractivity contribution in [3.05, 3.63) is 87.9 Å². The Labute approximate surface area is 149 Å². The second-order valence-corrected chi connectivity index (χ2v) is 5.85. The van der Waals surface area contributed by atoms with Crippen molar-refractivity contribution >= 4 is 23.8 Å². The van der Waals surface area contributed by atoms with Gasteiger partial charge in [-0.3, -0.25) is 14.7 Å². The number of aromatic nitrogens is 3. The van der Waals surface area contributed by atoms with Gasteiger partial charge in [-0.2, -0.15) is 5.10 Å². The van der Waals surface area contributed by atoms with Crippen molar-refractivity contribution in [1.29, 1.82) is 0 Å². The molecule has 0 aliphatic heterocycles. The molecule has 0 aliphatic carbocycles. The Morgan fingerprint density at radius 2 is 1.28 bits per heavy atom. The third-order valence-corrected chi connectivity index (χ3v) is 3.89. The molecule has 6 heteroatoms. The van der Waals surface area contributed by atoms with Crippen LogP contribution in [0, 0.1) is 4.77 Å². The average molecular weight is 349 g/mol. The van der Waals surface area contributed by atoms with E-state index in [-0.39, 0.29) is 29.2 Å². The summed E-state index contributed by atoms with van der Waals surface area (Å²) in [5.74, 6) is -0.183. The molecule has 2 aromatic carbocycles. The van der Waals surface area contributed by atoms with Crippen LogP contribution in [-0.4, -0.2) is 26.7 Å². The number of nitrogens with zero attached hydrogens (tertiary/aromatic N) is 2. The highest BCUT2D eigenvalue weighted by atomic mass is 32.1. The number of benzene rings is 2. The van der Waals surface area contributed by atoms with E-state index in [1.807, 2.05) is 12.1 Å². The van der Waals surface area contributed by atoms with Crippen LogP contribution in [0.15, 0.2) is 60.7 Å². The number of nitrogens with one attached hydrogen (secondary N) is 1. The predicted octanol–water partition coefficient (Wildman–Crippen LogP) is 3.38. The lowest BCUT2D eigenvalue weighted by Crippen LogP contribution is -2.14. The molecule has 0 amide bonds. The van der Waals surface area contributed by atoms with Gasteiger partial charge in [0.25, 0.3) is 0 Å². The molecular weight excluding hydrogens is 334 g/mol. The molecule has 1 N–H and O–H groups in total. The van der Waals surface area contributed by atoms with Crippen molar-refractivity contribution in [1.82, 2.24) is 15.2 Å². The van der Waals surface area contributed by atoms with E-state index in [4.69, 9.17) is 12.2 Å². The third kappa shape index (κ3) is 4.30. The Hall–Kier alpha value is -2.99. The quantitative estimate of drug-likeness (QED) is 0.545. The van der Waals surface area contributed by atoms with Crippen LogP contribution < -0.4 is 0 Å². The van der Waals surface area contributed by atoms with Gasteiger partial charge >= 0.3 is 0 Å². The van der Waals surface area contributed by atoms with E-state index >= 15 is 0 Å². The summed E-state index contributed by atoms with van der Waals surface area (Å²) in [5.41, 5.74) is 2.05. The molecule has 0 aliphatic rings. The maximum atomic E-state index is 12.4. The standard InChI is InChI=1S/C19H15N3O2S/c23-17(13-7-3-1-4-8-13)11-15-16(21-22-19(25)20-15)12-18(24)14-9-5-2-6-10-14/h1-10H,11-12H2,(H,20,22,25). The lowest BCUT2D eigenvalue weighted by molar-refractivity contribution is 0.0976. The smallest absolute Gasteiger partial charge is 0.213 e. The van der Waals surface area contributed by atoms with Gasteiger partial charge in [0.2, 0.25) is 4.77 Å². The highest BCUT2D eigenvalue weighted by Crippen LogP contribution is 2.11. The molecule has 124 valence electrons. The van der Waals surface area contributed by atoms with Gasteiger partial charge in [0, 0.05) is 11.1 Å². The van der Waals surface area contributed by atoms with Crippen molar-refractivity contribution < 1.29 is 9.59 Å². The molecule has 25 heavy (non-hydrogen) atoms. The summed E-state index contributed by atoms with van der Waals surface area (Å²) in [6.07, 6.45) is 0.104. The lowest BCUT2D eigenvalue weighted by atomic mass is 10.0. The monoisotopic (exact) mass is 349 g/mol. The second kappa shape index (κ2) is 7.72. The molecule has 1 heterocycles. The average Bonchev–Trinajstić information content (AvgIpc) is 2.65. The van der Waals surface area contributed by atoms with Crippen LogP contribution in [0.5, 0.6) is 0 Å². The van der Waals surface area contributed by atoms with E-state index < -0.39 is 0 Å². The first kappa shape index (κ1) is 16.9. The number of Topliss-reactive ketones (excluding diaryl/α,β-unsaturated/α-hetero) is 2. The zero-order chi connectivity index (χ0) is 17.6. The minimum Gasteiger partial charge on any atom is -0.294 e. The van der Waals surface area contributed by atoms with Crippen LogP contribution in [0.2, 0.25) is 0 Å². The fourth-order valence-electron chi connectivity index (χ4n) is 2.43. The van der Waals surface area contributed by atoms with Crippen LogP contribution in [-0.2, 0) is 12.8 Å². The number of carbonyl (C=O) groups excluding carboxylic acids is 2. The molecule has 3 rings (SSSR count). The second-order valence-electron chi connectivity index (χ2n) is 5.47. The highest BCUT2D eigenvalue weighted by molar-refractivity contribution is 7.71. The van der Waals surface area contributed by atoms with E-state index in [1.165, 1.54) is 0 Å². The molecule has 0 atom stereocenters. The molecule has 0 saturated carbocycles. The summed E-state index contributed by atoms with van der Waals surface area (Å²) in [4.78, 5) is 29.1. The van der Waals surface area contributed by atoms with E-state index in [2.05, 4.69) is 15.2 Å². The number of rotatable bonds is 6. The Morgan fingerprint density at radius 1 is 0.800 bits per heavy atom. The largest absolute Gasteiger partial charge is 0.294 e. The van der Waals surface area contributed by atoms with Gasteiger partial charge in [-0.15, -0.1) is 0 Å². The first-order valence-electron chi connectivity index (χ1n) is 7.74. The van der Waals surface area contributed by atoms with Crippen molar-refractivity contribution in [2.75, 3.05) is 0 Å². The minimum atomic E-state index is -0.0936. The molecule has 5 nitrogen and oxygen atoms in total. The van der Waals surface area contributed by atoms with E-state index in [9.17, 15) is 9.59 Å². The molecular formula is C19H15N3O2S. The Balaban J connectivity index is 1.85. The molecule has 3 aromatic rings. The SMILES string of the molecule is O=C(Cc1n[nH]c(=S)nc1CC(=O)c1ccccc1)c1ccccc1. The maximum absolute atomic E-state index is 12.4. The predicted molar refractivity (Wildman–Crippen MR) is 96.2 cm³/mol. The van der Waals surface area contributed by atoms with Gasteiger partial charge in [-0.05, 0) is 12.2 Å². The highest BCUT2D eigenvalue weighted by Gasteiger charge is 2.16. The molecule has 0 bridgehead atoms. The zero-order valence-corrected chi connectivity index (χ0v) is 14.1. The van der Waals surface area contributed by atoms with Crippen molar-refractivity contribution in [3.8, 4) is 0 Å². The third-order valence-electron chi connectivity index (χ3n) is 3.70. The lowest BCUT2D eigenvalue weighted by Gasteiger charge is -2.07. The summed E-state index contributed by atoms with van der Waals surface area (Å²) < 4.78 is 0.187. The Bertz CT molecular complexity index is 953. The van der Waals surface area contributed by atoms with Crippen molar-refractivity contribution in [2.24, 2.45) is 0 Å². The number of ketones is 2. The number of hydrogen-bond donors (Lipinski definition) is 1. The Morgan fingerprint density at radius 3 is 1.80 bits per heavy atom. The van der Waals surface area contributed by atoms with Crippen LogP contribution in [0.1, 0.15) is 32.1 Å². The van der Waals surface area contributed by atoms with Crippen molar-refractivity contribution in [3.63, 3.8) is 0 Å². The molecule has 0 fully saturated rings. The van der Waals surface area contributed by atoms with Crippen molar-refractivity contribution in [2.45, 2.75) is 12.8 Å². The van der Waals surface area contributed by atoms with Gasteiger partial charge in [-0.25, -0.2) is 4.98 Å². The molecule has 0 unspecified atom stereocenters. The van der Waals surface area contributed by atoms with E-state index in [0.717, 1.165) is 0 Å². The minimum absolute atomic E-state index is 0.0483. The normalized spacial score (nSPS) is 10.4. The van der Waals surface area contributed by atoms with E-state index in [0.29, 0.717) is 22.5 Å². The fraction of sp³-hybridized carbons (Fsp3) is 0.105. The van der Waals surface area contributed by atoms with Gasteiger partial charge in [0.15, 0.2) is 11.6 Å². The van der Waals surface area contributed by atoms with Gasteiger partial charge in [-0.1, -0.05) is 60.7 Å². The van der Waals surface area contributed by atoms with Gasteiger partial charge in [0.1, 0.15) is 0 Å². The maximum Gasteiger partial charge on any atom is 0.213 e. The molecule has 0 spiro atoms. The molecule has 1 aromatic heterocycles. The van der Waals surface area contributed by atoms with Gasteiger partial charge < -0.3 is 0 Å². The topological polar surface area (TPSA) is 75.7 Å². The van der Waals surface area contributed by atoms with Crippen LogP contribution in [0.3, 0.4) is 0 Å². The zero-order valence-electron chi connectivity index (χ0n) is 13.3. The number of H-pyrrole nitrogens is 1. The van der Waals surface area contributed by atoms with Crippen LogP contribution >= 0.6 is 12.2 Å². The van der Waals surface area contributed by atoms with Crippen LogP contribution in [0.25, 0.3) is 0 Å². The van der Waals surface area contributed by atoms with Gasteiger partial charge in [0.05, 0.1) is 24.2 Å². The first-order valence-corrected chi connectivity index (χ1v) is 8.15. The first-order chi connectivity index (χ1) is 12.1. The Kier molecular flexibility index (Phi) is 5.20. The summed E-state index contributed by atoms with van der Waals surface area (Å²) in [6.45, 7) is 0. The fourth-order valence-corrected chi connectivity index (χ4v) is 2.59. The number of hydrogen-bond acceptors (Lipinski definition) is 5. The number of carbonyl (C=O) groups is 2. The number of aromatic amines is 1. The summed E-state index contributed by atoms with van der Waals surface area (Å²) >= 11 is 5.01. The molecule has 0 saturated heterocycles. The molecule has 0 radical (unpaired) electrons. The van der Waals surface area contributed by atoms with Crippen LogP contribution in [0.4, 0.5) is 0 Å². The summed E-state index contributed by atoms with van der Waals surface area (Å²) in [7, 11) is 0. The summed E-state index contributed by atoms with van der Waals surface area (Å²) in [6, 6.07) is 17.9. The summed E-state index contributed by atoms with van der Waals surface area (Å²) in [5, 5.41) is 6.73.